The van der Waals surface area contributed by atoms with Crippen LogP contribution >= 0.6 is 15.9 Å². The Labute approximate surface area is 101 Å². The molecule has 84 valence electrons. The van der Waals surface area contributed by atoms with Crippen molar-refractivity contribution in [3.8, 4) is 0 Å². The van der Waals surface area contributed by atoms with E-state index >= 15 is 0 Å². The maximum Gasteiger partial charge on any atom is 0.138 e. The highest BCUT2D eigenvalue weighted by atomic mass is 79.9. The SMILES string of the molecule is NC1CCc2[nH]c3ccc(F)c(Br)c3c2C1. The van der Waals surface area contributed by atoms with Crippen LogP contribution in [0.25, 0.3) is 10.9 Å². The Kier molecular flexibility index (Phi) is 2.30. The molecule has 1 atom stereocenters. The normalized spacial score (nSPS) is 20.1. The Balaban J connectivity index is 2.32. The first-order valence-corrected chi connectivity index (χ1v) is 6.19. The van der Waals surface area contributed by atoms with E-state index < -0.39 is 0 Å². The molecule has 16 heavy (non-hydrogen) atoms. The van der Waals surface area contributed by atoms with E-state index in [9.17, 15) is 4.39 Å². The third kappa shape index (κ3) is 1.40. The van der Waals surface area contributed by atoms with E-state index in [4.69, 9.17) is 5.73 Å². The van der Waals surface area contributed by atoms with Crippen molar-refractivity contribution >= 4 is 26.8 Å². The van der Waals surface area contributed by atoms with Crippen LogP contribution in [0.5, 0.6) is 0 Å². The first-order valence-electron chi connectivity index (χ1n) is 5.40. The molecule has 1 aromatic heterocycles. The number of H-pyrrole nitrogens is 1. The summed E-state index contributed by atoms with van der Waals surface area (Å²) in [4.78, 5) is 3.35. The number of nitrogens with two attached hydrogens (primary N) is 1. The fraction of sp³-hybridized carbons (Fsp3) is 0.333. The Morgan fingerprint density at radius 2 is 2.25 bits per heavy atom. The summed E-state index contributed by atoms with van der Waals surface area (Å²) < 4.78 is 14.1. The minimum absolute atomic E-state index is 0.196. The minimum atomic E-state index is -0.214. The summed E-state index contributed by atoms with van der Waals surface area (Å²) in [6.07, 6.45) is 2.79. The van der Waals surface area contributed by atoms with Crippen molar-refractivity contribution in [3.05, 3.63) is 33.7 Å². The topological polar surface area (TPSA) is 41.8 Å². The second kappa shape index (κ2) is 3.57. The van der Waals surface area contributed by atoms with Crippen LogP contribution in [0.3, 0.4) is 0 Å². The van der Waals surface area contributed by atoms with E-state index in [0.717, 1.165) is 30.2 Å². The van der Waals surface area contributed by atoms with Crippen molar-refractivity contribution < 1.29 is 4.39 Å². The molecule has 2 nitrogen and oxygen atoms in total. The number of nitrogens with one attached hydrogen (secondary N) is 1. The molecule has 1 aliphatic rings. The Morgan fingerprint density at radius 3 is 3.06 bits per heavy atom. The van der Waals surface area contributed by atoms with Crippen molar-refractivity contribution in [2.75, 3.05) is 0 Å². The Bertz CT molecular complexity index is 562. The summed E-state index contributed by atoms with van der Waals surface area (Å²) in [5.41, 5.74) is 9.35. The lowest BCUT2D eigenvalue weighted by Crippen LogP contribution is -2.27. The van der Waals surface area contributed by atoms with Crippen LogP contribution in [0.1, 0.15) is 17.7 Å². The van der Waals surface area contributed by atoms with Crippen molar-refractivity contribution in [2.45, 2.75) is 25.3 Å². The quantitative estimate of drug-likeness (QED) is 0.767. The summed E-state index contributed by atoms with van der Waals surface area (Å²) in [6, 6.07) is 3.47. The van der Waals surface area contributed by atoms with Gasteiger partial charge < -0.3 is 10.7 Å². The Morgan fingerprint density at radius 1 is 1.44 bits per heavy atom. The van der Waals surface area contributed by atoms with Gasteiger partial charge in [0.05, 0.1) is 4.47 Å². The highest BCUT2D eigenvalue weighted by Crippen LogP contribution is 2.34. The van der Waals surface area contributed by atoms with Crippen LogP contribution < -0.4 is 5.73 Å². The van der Waals surface area contributed by atoms with E-state index in [2.05, 4.69) is 20.9 Å². The van der Waals surface area contributed by atoms with E-state index in [0.29, 0.717) is 4.47 Å². The predicted molar refractivity (Wildman–Crippen MR) is 66.0 cm³/mol. The van der Waals surface area contributed by atoms with Gasteiger partial charge in [0, 0.05) is 22.6 Å². The van der Waals surface area contributed by atoms with Gasteiger partial charge >= 0.3 is 0 Å². The van der Waals surface area contributed by atoms with Gasteiger partial charge in [0.2, 0.25) is 0 Å². The van der Waals surface area contributed by atoms with Crippen molar-refractivity contribution in [1.82, 2.24) is 4.98 Å². The molecule has 1 aromatic carbocycles. The maximum atomic E-state index is 13.5. The van der Waals surface area contributed by atoms with Gasteiger partial charge in [0.25, 0.3) is 0 Å². The highest BCUT2D eigenvalue weighted by molar-refractivity contribution is 9.10. The monoisotopic (exact) mass is 282 g/mol. The standard InChI is InChI=1S/C12H12BrFN2/c13-12-8(14)2-4-10-11(12)7-5-6(15)1-3-9(7)16-10/h2,4,6,16H,1,3,5,15H2. The van der Waals surface area contributed by atoms with Gasteiger partial charge in [0.1, 0.15) is 5.82 Å². The summed E-state index contributed by atoms with van der Waals surface area (Å²) in [5.74, 6) is -0.214. The number of hydrogen-bond acceptors (Lipinski definition) is 1. The fourth-order valence-electron chi connectivity index (χ4n) is 2.47. The van der Waals surface area contributed by atoms with Gasteiger partial charge in [-0.3, -0.25) is 0 Å². The van der Waals surface area contributed by atoms with Crippen molar-refractivity contribution in [2.24, 2.45) is 5.73 Å². The van der Waals surface area contributed by atoms with Crippen LogP contribution in [0.2, 0.25) is 0 Å². The molecule has 1 aliphatic carbocycles. The lowest BCUT2D eigenvalue weighted by atomic mass is 9.92. The summed E-state index contributed by atoms with van der Waals surface area (Å²) in [6.45, 7) is 0. The molecule has 4 heteroatoms. The molecule has 3 rings (SSSR count). The van der Waals surface area contributed by atoms with Crippen LogP contribution in [0.15, 0.2) is 16.6 Å². The second-order valence-electron chi connectivity index (χ2n) is 4.37. The summed E-state index contributed by atoms with van der Waals surface area (Å²) >= 11 is 3.32. The lowest BCUT2D eigenvalue weighted by molar-refractivity contribution is 0.573. The molecule has 0 spiro atoms. The van der Waals surface area contributed by atoms with E-state index in [1.807, 2.05) is 0 Å². The molecule has 0 saturated heterocycles. The number of rotatable bonds is 0. The molecule has 2 aromatic rings. The highest BCUT2D eigenvalue weighted by Gasteiger charge is 2.22. The molecule has 0 saturated carbocycles. The second-order valence-corrected chi connectivity index (χ2v) is 5.16. The zero-order valence-corrected chi connectivity index (χ0v) is 10.3. The average molecular weight is 283 g/mol. The van der Waals surface area contributed by atoms with E-state index in [1.165, 1.54) is 17.3 Å². The molecule has 0 radical (unpaired) electrons. The summed E-state index contributed by atoms with van der Waals surface area (Å²) in [5, 5.41) is 0.963. The molecular weight excluding hydrogens is 271 g/mol. The first kappa shape index (κ1) is 10.3. The largest absolute Gasteiger partial charge is 0.358 e. The zero-order valence-electron chi connectivity index (χ0n) is 8.69. The average Bonchev–Trinajstić information content (AvgIpc) is 2.62. The number of aryl methyl sites for hydroxylation is 1. The third-order valence-electron chi connectivity index (χ3n) is 3.28. The smallest absolute Gasteiger partial charge is 0.138 e. The number of benzene rings is 1. The summed E-state index contributed by atoms with van der Waals surface area (Å²) in [7, 11) is 0. The lowest BCUT2D eigenvalue weighted by Gasteiger charge is -2.18. The van der Waals surface area contributed by atoms with Gasteiger partial charge in [-0.1, -0.05) is 0 Å². The van der Waals surface area contributed by atoms with Crippen LogP contribution in [0.4, 0.5) is 4.39 Å². The number of aromatic nitrogens is 1. The third-order valence-corrected chi connectivity index (χ3v) is 4.05. The van der Waals surface area contributed by atoms with Gasteiger partial charge in [-0.05, 0) is 52.9 Å². The zero-order chi connectivity index (χ0) is 11.3. The molecule has 0 bridgehead atoms. The predicted octanol–water partition coefficient (Wildman–Crippen LogP) is 2.89. The van der Waals surface area contributed by atoms with Gasteiger partial charge in [-0.25, -0.2) is 4.39 Å². The molecular formula is C12H12BrFN2. The molecule has 0 fully saturated rings. The molecule has 3 N–H and O–H groups in total. The minimum Gasteiger partial charge on any atom is -0.358 e. The van der Waals surface area contributed by atoms with Crippen LogP contribution in [-0.4, -0.2) is 11.0 Å². The molecule has 0 amide bonds. The van der Waals surface area contributed by atoms with Crippen molar-refractivity contribution in [3.63, 3.8) is 0 Å². The number of aromatic amines is 1. The number of hydrogen-bond donors (Lipinski definition) is 2. The van der Waals surface area contributed by atoms with Crippen LogP contribution in [0, 0.1) is 5.82 Å². The maximum absolute atomic E-state index is 13.5. The van der Waals surface area contributed by atoms with Gasteiger partial charge in [-0.15, -0.1) is 0 Å². The number of fused-ring (bicyclic) bond motifs is 3. The van der Waals surface area contributed by atoms with E-state index in [1.54, 1.807) is 6.07 Å². The van der Waals surface area contributed by atoms with Gasteiger partial charge in [-0.2, -0.15) is 0 Å². The first-order chi connectivity index (χ1) is 7.66. The fourth-order valence-corrected chi connectivity index (χ4v) is 3.06. The molecule has 1 heterocycles. The van der Waals surface area contributed by atoms with Crippen molar-refractivity contribution in [1.29, 1.82) is 0 Å². The van der Waals surface area contributed by atoms with Gasteiger partial charge in [0.15, 0.2) is 0 Å². The van der Waals surface area contributed by atoms with E-state index in [-0.39, 0.29) is 11.9 Å². The van der Waals surface area contributed by atoms with Crippen LogP contribution in [-0.2, 0) is 12.8 Å². The Hall–Kier alpha value is -0.870. The molecule has 1 unspecified atom stereocenters. The molecule has 0 aliphatic heterocycles. The number of halogens is 2.